The van der Waals surface area contributed by atoms with E-state index in [2.05, 4.69) is 25.8 Å². The molecule has 0 atom stereocenters. The van der Waals surface area contributed by atoms with Crippen molar-refractivity contribution in [3.8, 4) is 0 Å². The molecular weight excluding hydrogens is 136 g/mol. The van der Waals surface area contributed by atoms with Gasteiger partial charge in [-0.15, -0.1) is 0 Å². The van der Waals surface area contributed by atoms with E-state index < -0.39 is 0 Å². The lowest BCUT2D eigenvalue weighted by molar-refractivity contribution is 0.256. The second kappa shape index (κ2) is 6.62. The predicted octanol–water partition coefficient (Wildman–Crippen LogP) is 1.70. The van der Waals surface area contributed by atoms with Gasteiger partial charge < -0.3 is 10.6 Å². The van der Waals surface area contributed by atoms with Gasteiger partial charge >= 0.3 is 0 Å². The van der Waals surface area contributed by atoms with Crippen molar-refractivity contribution in [3.05, 3.63) is 0 Å². The fourth-order valence-corrected chi connectivity index (χ4v) is 1.03. The van der Waals surface area contributed by atoms with Crippen LogP contribution in [0.2, 0.25) is 0 Å². The number of nitrogens with two attached hydrogens (primary N) is 1. The monoisotopic (exact) mass is 160 g/mol. The van der Waals surface area contributed by atoms with E-state index in [1.54, 1.807) is 0 Å². The van der Waals surface area contributed by atoms with Gasteiger partial charge in [0.25, 0.3) is 0 Å². The molecule has 1 fully saturated rings. The van der Waals surface area contributed by atoms with Crippen LogP contribution in [0.5, 0.6) is 0 Å². The first-order chi connectivity index (χ1) is 5.20. The molecule has 1 saturated heterocycles. The summed E-state index contributed by atoms with van der Waals surface area (Å²) in [6.07, 6.45) is 3.60. The quantitative estimate of drug-likeness (QED) is 0.584. The van der Waals surface area contributed by atoms with E-state index in [4.69, 9.17) is 5.73 Å². The van der Waals surface area contributed by atoms with Crippen molar-refractivity contribution >= 4 is 0 Å². The van der Waals surface area contributed by atoms with Gasteiger partial charge in [-0.05, 0) is 33.0 Å². The van der Waals surface area contributed by atoms with Crippen molar-refractivity contribution < 1.29 is 1.43 Å². The first-order valence-corrected chi connectivity index (χ1v) is 4.64. The number of hydrogen-bond acceptors (Lipinski definition) is 2. The molecule has 0 spiro atoms. The van der Waals surface area contributed by atoms with Crippen LogP contribution in [0.15, 0.2) is 0 Å². The summed E-state index contributed by atoms with van der Waals surface area (Å²) in [6.45, 7) is 6.61. The molecule has 0 aliphatic carbocycles. The molecule has 0 aromatic heterocycles. The minimum absolute atomic E-state index is 0. The van der Waals surface area contributed by atoms with Crippen LogP contribution in [-0.4, -0.2) is 31.1 Å². The zero-order valence-electron chi connectivity index (χ0n) is 8.14. The second-order valence-corrected chi connectivity index (χ2v) is 3.35. The molecule has 1 aliphatic rings. The summed E-state index contributed by atoms with van der Waals surface area (Å²) in [4.78, 5) is 2.32. The lowest BCUT2D eigenvalue weighted by atomic mass is 10.1. The highest BCUT2D eigenvalue weighted by Crippen LogP contribution is 2.04. The van der Waals surface area contributed by atoms with Gasteiger partial charge in [-0.1, -0.05) is 20.3 Å². The molecule has 0 unspecified atom stereocenters. The molecule has 1 heterocycles. The molecule has 70 valence electrons. The van der Waals surface area contributed by atoms with Gasteiger partial charge in [0.15, 0.2) is 0 Å². The maximum atomic E-state index is 5.67. The maximum absolute atomic E-state index is 5.67. The zero-order valence-corrected chi connectivity index (χ0v) is 8.14. The van der Waals surface area contributed by atoms with Crippen molar-refractivity contribution in [2.75, 3.05) is 20.1 Å². The Hall–Kier alpha value is -0.0800. The fourth-order valence-electron chi connectivity index (χ4n) is 1.03. The van der Waals surface area contributed by atoms with Crippen molar-refractivity contribution in [2.45, 2.75) is 39.2 Å². The smallest absolute Gasteiger partial charge is 0.00631 e. The molecule has 2 nitrogen and oxygen atoms in total. The van der Waals surface area contributed by atoms with Crippen molar-refractivity contribution in [1.82, 2.24) is 4.90 Å². The summed E-state index contributed by atoms with van der Waals surface area (Å²) < 4.78 is 0. The number of piperidine rings is 1. The Kier molecular flexibility index (Phi) is 6.57. The lowest BCUT2D eigenvalue weighted by Crippen LogP contribution is -2.37. The minimum Gasteiger partial charge on any atom is -0.328 e. The van der Waals surface area contributed by atoms with E-state index in [1.807, 2.05) is 0 Å². The molecule has 1 rings (SSSR count). The van der Waals surface area contributed by atoms with E-state index in [0.717, 1.165) is 0 Å². The number of nitrogens with zero attached hydrogens (tertiary/aromatic N) is 1. The van der Waals surface area contributed by atoms with Crippen LogP contribution in [0.25, 0.3) is 0 Å². The molecule has 1 aliphatic heterocycles. The summed E-state index contributed by atoms with van der Waals surface area (Å²) in [5, 5.41) is 0. The van der Waals surface area contributed by atoms with E-state index >= 15 is 0 Å². The Morgan fingerprint density at radius 1 is 1.36 bits per heavy atom. The molecule has 2 N–H and O–H groups in total. The van der Waals surface area contributed by atoms with Crippen LogP contribution in [0, 0.1) is 0 Å². The summed E-state index contributed by atoms with van der Waals surface area (Å²) in [5.41, 5.74) is 5.67. The third-order valence-corrected chi connectivity index (χ3v) is 1.76. The van der Waals surface area contributed by atoms with Gasteiger partial charge in [0.05, 0.1) is 0 Å². The van der Waals surface area contributed by atoms with E-state index in [-0.39, 0.29) is 1.43 Å². The van der Waals surface area contributed by atoms with E-state index in [0.29, 0.717) is 6.04 Å². The molecule has 2 heteroatoms. The van der Waals surface area contributed by atoms with E-state index in [9.17, 15) is 0 Å². The Bertz CT molecular complexity index is 70.6. The second-order valence-electron chi connectivity index (χ2n) is 3.35. The number of hydrogen-bond donors (Lipinski definition) is 1. The predicted molar refractivity (Wildman–Crippen MR) is 52.8 cm³/mol. The number of likely N-dealkylation sites (tertiary alicyclic amines) is 1. The SMILES string of the molecule is CCC.CN1CCC(N)CC1.[HH]. The highest BCUT2D eigenvalue weighted by Gasteiger charge is 2.10. The lowest BCUT2D eigenvalue weighted by Gasteiger charge is -2.25. The highest BCUT2D eigenvalue weighted by molar-refractivity contribution is 4.70. The Morgan fingerprint density at radius 2 is 1.73 bits per heavy atom. The number of rotatable bonds is 0. The Labute approximate surface area is 72.2 Å². The average molecular weight is 160 g/mol. The van der Waals surface area contributed by atoms with Crippen LogP contribution in [0.4, 0.5) is 0 Å². The third-order valence-electron chi connectivity index (χ3n) is 1.76. The van der Waals surface area contributed by atoms with Gasteiger partial charge in [-0.3, -0.25) is 0 Å². The molecular formula is C9H24N2. The molecule has 11 heavy (non-hydrogen) atoms. The van der Waals surface area contributed by atoms with Crippen molar-refractivity contribution in [2.24, 2.45) is 5.73 Å². The van der Waals surface area contributed by atoms with E-state index in [1.165, 1.54) is 32.4 Å². The molecule has 0 aromatic rings. The van der Waals surface area contributed by atoms with Crippen LogP contribution < -0.4 is 5.73 Å². The first kappa shape index (κ1) is 10.9. The molecule has 0 bridgehead atoms. The molecule has 0 saturated carbocycles. The van der Waals surface area contributed by atoms with Crippen molar-refractivity contribution in [1.29, 1.82) is 0 Å². The Balaban J connectivity index is 0. The van der Waals surface area contributed by atoms with Gasteiger partial charge in [0.2, 0.25) is 0 Å². The van der Waals surface area contributed by atoms with Gasteiger partial charge in [-0.2, -0.15) is 0 Å². The molecule has 0 aromatic carbocycles. The summed E-state index contributed by atoms with van der Waals surface area (Å²) >= 11 is 0. The standard InChI is InChI=1S/C6H14N2.C3H8.H2/c1-8-4-2-6(7)3-5-8;1-3-2;/h6H,2-5,7H2,1H3;3H2,1-2H3;1H. The maximum Gasteiger partial charge on any atom is 0.00631 e. The average Bonchev–Trinajstić information content (AvgIpc) is 1.97. The minimum atomic E-state index is 0. The summed E-state index contributed by atoms with van der Waals surface area (Å²) in [6, 6.07) is 0.478. The highest BCUT2D eigenvalue weighted by atomic mass is 15.1. The van der Waals surface area contributed by atoms with Gasteiger partial charge in [0, 0.05) is 7.47 Å². The topological polar surface area (TPSA) is 29.3 Å². The summed E-state index contributed by atoms with van der Waals surface area (Å²) in [7, 11) is 2.14. The largest absolute Gasteiger partial charge is 0.328 e. The van der Waals surface area contributed by atoms with Crippen molar-refractivity contribution in [3.63, 3.8) is 0 Å². The van der Waals surface area contributed by atoms with Gasteiger partial charge in [0.1, 0.15) is 0 Å². The van der Waals surface area contributed by atoms with Crippen LogP contribution in [-0.2, 0) is 0 Å². The first-order valence-electron chi connectivity index (χ1n) is 4.64. The third kappa shape index (κ3) is 6.32. The summed E-state index contributed by atoms with van der Waals surface area (Å²) in [5.74, 6) is 0. The van der Waals surface area contributed by atoms with Crippen LogP contribution >= 0.6 is 0 Å². The molecule has 0 radical (unpaired) electrons. The Morgan fingerprint density at radius 3 is 2.00 bits per heavy atom. The van der Waals surface area contributed by atoms with Crippen LogP contribution in [0.1, 0.15) is 34.5 Å². The zero-order chi connectivity index (χ0) is 8.69. The molecule has 0 amide bonds. The van der Waals surface area contributed by atoms with Crippen LogP contribution in [0.3, 0.4) is 0 Å². The fraction of sp³-hybridized carbons (Fsp3) is 1.00. The normalized spacial score (nSPS) is 20.7. The van der Waals surface area contributed by atoms with Gasteiger partial charge in [-0.25, -0.2) is 0 Å².